The zero-order chi connectivity index (χ0) is 20.3. The highest BCUT2D eigenvalue weighted by Gasteiger charge is 2.43. The van der Waals surface area contributed by atoms with Gasteiger partial charge in [0.05, 0.1) is 12.6 Å². The van der Waals surface area contributed by atoms with Crippen LogP contribution in [0.5, 0.6) is 11.5 Å². The van der Waals surface area contributed by atoms with Crippen molar-refractivity contribution in [2.45, 2.75) is 39.0 Å². The van der Waals surface area contributed by atoms with Crippen molar-refractivity contribution in [1.29, 1.82) is 0 Å². The molecule has 1 aliphatic heterocycles. The first-order valence-electron chi connectivity index (χ1n) is 8.79. The molecule has 0 bridgehead atoms. The number of hydrogen-bond donors (Lipinski definition) is 1. The van der Waals surface area contributed by atoms with Gasteiger partial charge >= 0.3 is 12.1 Å². The maximum Gasteiger partial charge on any atom is 0.491 e. The van der Waals surface area contributed by atoms with E-state index >= 15 is 0 Å². The van der Waals surface area contributed by atoms with E-state index in [1.807, 2.05) is 44.2 Å². The van der Waals surface area contributed by atoms with Gasteiger partial charge in [-0.3, -0.25) is 0 Å². The number of ether oxygens (including phenoxy) is 3. The summed E-state index contributed by atoms with van der Waals surface area (Å²) >= 11 is 0. The number of hydrogen-bond acceptors (Lipinski definition) is 5. The van der Waals surface area contributed by atoms with Crippen LogP contribution in [0.25, 0.3) is 11.1 Å². The SMILES string of the molecule is CC(C)Oc1ccccc1-c1cccc2c1OC(OC(=O)C(F)(F)F)CNC2. The highest BCUT2D eigenvalue weighted by Crippen LogP contribution is 2.40. The van der Waals surface area contributed by atoms with E-state index in [1.54, 1.807) is 12.1 Å². The van der Waals surface area contributed by atoms with Crippen molar-refractivity contribution in [2.24, 2.45) is 0 Å². The molecule has 0 saturated carbocycles. The quantitative estimate of drug-likeness (QED) is 0.792. The van der Waals surface area contributed by atoms with Crippen LogP contribution in [0.1, 0.15) is 19.4 Å². The third-order valence-electron chi connectivity index (χ3n) is 3.98. The Hall–Kier alpha value is -2.74. The van der Waals surface area contributed by atoms with Crippen molar-refractivity contribution < 1.29 is 32.2 Å². The number of para-hydroxylation sites is 2. The molecule has 2 aromatic rings. The molecule has 0 aromatic heterocycles. The van der Waals surface area contributed by atoms with Gasteiger partial charge < -0.3 is 19.5 Å². The second-order valence-electron chi connectivity index (χ2n) is 6.54. The topological polar surface area (TPSA) is 56.8 Å². The summed E-state index contributed by atoms with van der Waals surface area (Å²) < 4.78 is 53.7. The molecule has 8 heteroatoms. The van der Waals surface area contributed by atoms with Gasteiger partial charge in [0.25, 0.3) is 6.29 Å². The molecule has 0 fully saturated rings. The van der Waals surface area contributed by atoms with Crippen molar-refractivity contribution in [1.82, 2.24) is 5.32 Å². The Labute approximate surface area is 160 Å². The molecule has 2 aromatic carbocycles. The summed E-state index contributed by atoms with van der Waals surface area (Å²) in [5.41, 5.74) is 2.11. The van der Waals surface area contributed by atoms with E-state index in [-0.39, 0.29) is 12.6 Å². The number of rotatable bonds is 4. The highest BCUT2D eigenvalue weighted by atomic mass is 19.4. The lowest BCUT2D eigenvalue weighted by atomic mass is 10.0. The zero-order valence-electron chi connectivity index (χ0n) is 15.4. The van der Waals surface area contributed by atoms with Gasteiger partial charge in [0.1, 0.15) is 11.5 Å². The maximum atomic E-state index is 12.6. The van der Waals surface area contributed by atoms with Crippen LogP contribution in [0.4, 0.5) is 13.2 Å². The predicted molar refractivity (Wildman–Crippen MR) is 95.9 cm³/mol. The molecule has 5 nitrogen and oxygen atoms in total. The Kier molecular flexibility index (Phi) is 5.79. The number of nitrogens with one attached hydrogen (secondary N) is 1. The van der Waals surface area contributed by atoms with Gasteiger partial charge in [0, 0.05) is 23.2 Å². The highest BCUT2D eigenvalue weighted by molar-refractivity contribution is 5.78. The van der Waals surface area contributed by atoms with Gasteiger partial charge in [0.15, 0.2) is 0 Å². The first kappa shape index (κ1) is 20.0. The van der Waals surface area contributed by atoms with Crippen molar-refractivity contribution in [3.8, 4) is 22.6 Å². The molecule has 1 aliphatic rings. The fraction of sp³-hybridized carbons (Fsp3) is 0.350. The number of benzene rings is 2. The summed E-state index contributed by atoms with van der Waals surface area (Å²) in [5.74, 6) is -1.31. The average Bonchev–Trinajstić information content (AvgIpc) is 2.82. The van der Waals surface area contributed by atoms with Crippen LogP contribution in [0, 0.1) is 0 Å². The second-order valence-corrected chi connectivity index (χ2v) is 6.54. The van der Waals surface area contributed by atoms with Crippen LogP contribution in [-0.4, -0.2) is 31.1 Å². The molecule has 0 aliphatic carbocycles. The smallest absolute Gasteiger partial charge is 0.490 e. The van der Waals surface area contributed by atoms with Gasteiger partial charge in [-0.2, -0.15) is 13.2 Å². The molecule has 0 saturated heterocycles. The van der Waals surface area contributed by atoms with Crippen LogP contribution in [0.3, 0.4) is 0 Å². The second kappa shape index (κ2) is 8.10. The fourth-order valence-electron chi connectivity index (χ4n) is 2.87. The third kappa shape index (κ3) is 4.56. The summed E-state index contributed by atoms with van der Waals surface area (Å²) in [5, 5.41) is 2.94. The Morgan fingerprint density at radius 3 is 2.57 bits per heavy atom. The Bertz CT molecular complexity index is 852. The molecule has 0 spiro atoms. The Morgan fingerprint density at radius 2 is 1.86 bits per heavy atom. The summed E-state index contributed by atoms with van der Waals surface area (Å²) in [4.78, 5) is 11.2. The first-order chi connectivity index (χ1) is 13.3. The van der Waals surface area contributed by atoms with E-state index in [2.05, 4.69) is 10.1 Å². The predicted octanol–water partition coefficient (Wildman–Crippen LogP) is 4.05. The molecule has 3 rings (SSSR count). The van der Waals surface area contributed by atoms with Gasteiger partial charge in [-0.15, -0.1) is 0 Å². The lowest BCUT2D eigenvalue weighted by Gasteiger charge is -2.21. The van der Waals surface area contributed by atoms with E-state index in [0.717, 1.165) is 11.1 Å². The lowest BCUT2D eigenvalue weighted by Crippen LogP contribution is -2.37. The molecule has 1 atom stereocenters. The lowest BCUT2D eigenvalue weighted by molar-refractivity contribution is -0.215. The largest absolute Gasteiger partial charge is 0.491 e. The van der Waals surface area contributed by atoms with Crippen molar-refractivity contribution in [2.75, 3.05) is 6.54 Å². The summed E-state index contributed by atoms with van der Waals surface area (Å²) in [6.07, 6.45) is -6.56. The molecule has 150 valence electrons. The van der Waals surface area contributed by atoms with Crippen LogP contribution in [0.2, 0.25) is 0 Å². The molecular weight excluding hydrogens is 375 g/mol. The van der Waals surface area contributed by atoms with Gasteiger partial charge in [-0.05, 0) is 19.9 Å². The first-order valence-corrected chi connectivity index (χ1v) is 8.79. The Morgan fingerprint density at radius 1 is 1.14 bits per heavy atom. The van der Waals surface area contributed by atoms with Crippen molar-refractivity contribution in [3.05, 3.63) is 48.0 Å². The number of esters is 1. The third-order valence-corrected chi connectivity index (χ3v) is 3.98. The standard InChI is InChI=1S/C20H20F3NO4/c1-12(2)26-16-9-4-3-7-14(16)15-8-5-6-13-10-24-11-17(27-18(13)15)28-19(25)20(21,22)23/h3-9,12,17,24H,10-11H2,1-2H3. The average molecular weight is 395 g/mol. The molecule has 0 amide bonds. The normalized spacial score (nSPS) is 16.7. The Balaban J connectivity index is 1.97. The maximum absolute atomic E-state index is 12.6. The zero-order valence-corrected chi connectivity index (χ0v) is 15.4. The van der Waals surface area contributed by atoms with Crippen LogP contribution in [0.15, 0.2) is 42.5 Å². The monoisotopic (exact) mass is 395 g/mol. The van der Waals surface area contributed by atoms with Crippen molar-refractivity contribution in [3.63, 3.8) is 0 Å². The van der Waals surface area contributed by atoms with Crippen LogP contribution >= 0.6 is 0 Å². The van der Waals surface area contributed by atoms with Gasteiger partial charge in [-0.1, -0.05) is 36.4 Å². The molecule has 1 heterocycles. The number of carbonyl (C=O) groups is 1. The summed E-state index contributed by atoms with van der Waals surface area (Å²) in [6, 6.07) is 12.7. The molecule has 1 N–H and O–H groups in total. The van der Waals surface area contributed by atoms with E-state index in [1.165, 1.54) is 0 Å². The van der Waals surface area contributed by atoms with Gasteiger partial charge in [0.2, 0.25) is 0 Å². The summed E-state index contributed by atoms with van der Waals surface area (Å²) in [7, 11) is 0. The van der Waals surface area contributed by atoms with E-state index in [9.17, 15) is 18.0 Å². The minimum atomic E-state index is -5.09. The minimum Gasteiger partial charge on any atom is -0.490 e. The summed E-state index contributed by atoms with van der Waals surface area (Å²) in [6.45, 7) is 4.08. The fourth-order valence-corrected chi connectivity index (χ4v) is 2.87. The van der Waals surface area contributed by atoms with Crippen LogP contribution < -0.4 is 14.8 Å². The number of fused-ring (bicyclic) bond motifs is 1. The molecule has 1 unspecified atom stereocenters. The van der Waals surface area contributed by atoms with E-state index in [4.69, 9.17) is 9.47 Å². The molecule has 0 radical (unpaired) electrons. The molecule has 28 heavy (non-hydrogen) atoms. The number of carbonyl (C=O) groups excluding carboxylic acids is 1. The number of alkyl halides is 3. The van der Waals surface area contributed by atoms with Crippen molar-refractivity contribution >= 4 is 5.97 Å². The van der Waals surface area contributed by atoms with Crippen LogP contribution in [-0.2, 0) is 16.1 Å². The van der Waals surface area contributed by atoms with Gasteiger partial charge in [-0.25, -0.2) is 4.79 Å². The minimum absolute atomic E-state index is 0.0634. The molecular formula is C20H20F3NO4. The van der Waals surface area contributed by atoms with E-state index < -0.39 is 18.4 Å². The number of halogens is 3. The van der Waals surface area contributed by atoms with E-state index in [0.29, 0.717) is 23.6 Å².